The Bertz CT molecular complexity index is 115. The van der Waals surface area contributed by atoms with Crippen LogP contribution in [-0.2, 0) is 4.79 Å². The average molecular weight is 160 g/mol. The van der Waals surface area contributed by atoms with Gasteiger partial charge in [0.2, 0.25) is 5.91 Å². The van der Waals surface area contributed by atoms with Crippen molar-refractivity contribution in [3.8, 4) is 0 Å². The van der Waals surface area contributed by atoms with Gasteiger partial charge in [-0.15, -0.1) is 0 Å². The lowest BCUT2D eigenvalue weighted by molar-refractivity contribution is -0.121. The van der Waals surface area contributed by atoms with E-state index < -0.39 is 6.10 Å². The minimum atomic E-state index is -0.404. The van der Waals surface area contributed by atoms with Crippen LogP contribution in [0.25, 0.3) is 0 Å². The standard InChI is InChI=1S/C7H16N2O2/c1-6(10)2-3-7(11)9-5-4-8/h6,10H,2-5,8H2,1H3,(H,9,11). The molecule has 1 amide bonds. The van der Waals surface area contributed by atoms with Crippen LogP contribution in [0.3, 0.4) is 0 Å². The second-order valence-corrected chi connectivity index (χ2v) is 2.53. The highest BCUT2D eigenvalue weighted by Gasteiger charge is 2.01. The molecule has 1 atom stereocenters. The number of aliphatic hydroxyl groups excluding tert-OH is 1. The smallest absolute Gasteiger partial charge is 0.220 e. The van der Waals surface area contributed by atoms with E-state index in [-0.39, 0.29) is 5.91 Å². The Balaban J connectivity index is 3.23. The van der Waals surface area contributed by atoms with Crippen molar-refractivity contribution in [3.05, 3.63) is 0 Å². The van der Waals surface area contributed by atoms with Crippen molar-refractivity contribution in [3.63, 3.8) is 0 Å². The van der Waals surface area contributed by atoms with Gasteiger partial charge in [-0.1, -0.05) is 0 Å². The molecule has 0 aliphatic heterocycles. The summed E-state index contributed by atoms with van der Waals surface area (Å²) in [4.78, 5) is 10.8. The fraction of sp³-hybridized carbons (Fsp3) is 0.857. The zero-order chi connectivity index (χ0) is 8.69. The molecule has 0 aliphatic rings. The molecule has 0 rings (SSSR count). The summed E-state index contributed by atoms with van der Waals surface area (Å²) >= 11 is 0. The van der Waals surface area contributed by atoms with E-state index in [1.54, 1.807) is 6.92 Å². The van der Waals surface area contributed by atoms with E-state index in [4.69, 9.17) is 10.8 Å². The monoisotopic (exact) mass is 160 g/mol. The van der Waals surface area contributed by atoms with Gasteiger partial charge in [-0.05, 0) is 13.3 Å². The van der Waals surface area contributed by atoms with Gasteiger partial charge in [0.25, 0.3) is 0 Å². The maximum absolute atomic E-state index is 10.8. The SMILES string of the molecule is CC(O)CCC(=O)NCCN. The van der Waals surface area contributed by atoms with Gasteiger partial charge in [-0.2, -0.15) is 0 Å². The fourth-order valence-electron chi connectivity index (χ4n) is 0.640. The Labute approximate surface area is 66.8 Å². The molecule has 66 valence electrons. The van der Waals surface area contributed by atoms with Crippen LogP contribution in [-0.4, -0.2) is 30.2 Å². The number of nitrogens with two attached hydrogens (primary N) is 1. The summed E-state index contributed by atoms with van der Waals surface area (Å²) in [5.74, 6) is -0.0450. The van der Waals surface area contributed by atoms with Crippen LogP contribution >= 0.6 is 0 Å². The number of hydrogen-bond donors (Lipinski definition) is 3. The van der Waals surface area contributed by atoms with Crippen molar-refractivity contribution in [2.75, 3.05) is 13.1 Å². The Hall–Kier alpha value is -0.610. The third-order valence-corrected chi connectivity index (χ3v) is 1.26. The molecule has 0 aliphatic carbocycles. The van der Waals surface area contributed by atoms with E-state index in [2.05, 4.69) is 5.32 Å². The predicted molar refractivity (Wildman–Crippen MR) is 43.0 cm³/mol. The molecular weight excluding hydrogens is 144 g/mol. The summed E-state index contributed by atoms with van der Waals surface area (Å²) in [6.07, 6.45) is 0.479. The van der Waals surface area contributed by atoms with E-state index in [0.29, 0.717) is 25.9 Å². The summed E-state index contributed by atoms with van der Waals surface area (Å²) in [6, 6.07) is 0. The van der Waals surface area contributed by atoms with Gasteiger partial charge >= 0.3 is 0 Å². The van der Waals surface area contributed by atoms with Crippen molar-refractivity contribution in [2.24, 2.45) is 5.73 Å². The molecule has 0 radical (unpaired) electrons. The van der Waals surface area contributed by atoms with E-state index in [1.807, 2.05) is 0 Å². The maximum atomic E-state index is 10.8. The number of nitrogens with one attached hydrogen (secondary N) is 1. The molecule has 4 heteroatoms. The normalized spacial score (nSPS) is 12.6. The largest absolute Gasteiger partial charge is 0.393 e. The molecular formula is C7H16N2O2. The summed E-state index contributed by atoms with van der Waals surface area (Å²) in [7, 11) is 0. The van der Waals surface area contributed by atoms with Crippen LogP contribution < -0.4 is 11.1 Å². The molecule has 11 heavy (non-hydrogen) atoms. The second-order valence-electron chi connectivity index (χ2n) is 2.53. The molecule has 1 unspecified atom stereocenters. The Morgan fingerprint density at radius 1 is 1.73 bits per heavy atom. The molecule has 0 saturated carbocycles. The molecule has 0 saturated heterocycles. The first-order valence-electron chi connectivity index (χ1n) is 3.81. The first-order chi connectivity index (χ1) is 5.16. The van der Waals surface area contributed by atoms with Gasteiger partial charge in [-0.25, -0.2) is 0 Å². The number of aliphatic hydroxyl groups is 1. The lowest BCUT2D eigenvalue weighted by Crippen LogP contribution is -2.29. The third-order valence-electron chi connectivity index (χ3n) is 1.26. The zero-order valence-corrected chi connectivity index (χ0v) is 6.84. The highest BCUT2D eigenvalue weighted by atomic mass is 16.3. The Kier molecular flexibility index (Phi) is 5.78. The van der Waals surface area contributed by atoms with Crippen LogP contribution in [0.1, 0.15) is 19.8 Å². The first-order valence-corrected chi connectivity index (χ1v) is 3.81. The van der Waals surface area contributed by atoms with E-state index in [0.717, 1.165) is 0 Å². The Morgan fingerprint density at radius 2 is 2.36 bits per heavy atom. The van der Waals surface area contributed by atoms with Crippen molar-refractivity contribution in [2.45, 2.75) is 25.9 Å². The van der Waals surface area contributed by atoms with Crippen molar-refractivity contribution >= 4 is 5.91 Å². The predicted octanol–water partition coefficient (Wildman–Crippen LogP) is -0.778. The van der Waals surface area contributed by atoms with Gasteiger partial charge in [0.1, 0.15) is 0 Å². The molecule has 4 nitrogen and oxygen atoms in total. The molecule has 0 bridgehead atoms. The van der Waals surface area contributed by atoms with Crippen LogP contribution in [0.15, 0.2) is 0 Å². The highest BCUT2D eigenvalue weighted by molar-refractivity contribution is 5.75. The van der Waals surface area contributed by atoms with E-state index >= 15 is 0 Å². The second kappa shape index (κ2) is 6.12. The number of amides is 1. The first kappa shape index (κ1) is 10.4. The number of carbonyl (C=O) groups is 1. The van der Waals surface area contributed by atoms with Gasteiger partial charge in [0.05, 0.1) is 6.10 Å². The third kappa shape index (κ3) is 7.29. The number of hydrogen-bond acceptors (Lipinski definition) is 3. The highest BCUT2D eigenvalue weighted by Crippen LogP contribution is 1.94. The summed E-state index contributed by atoms with van der Waals surface area (Å²) in [5.41, 5.74) is 5.17. The molecule has 0 aromatic rings. The van der Waals surface area contributed by atoms with Crippen LogP contribution in [0, 0.1) is 0 Å². The van der Waals surface area contributed by atoms with Crippen molar-refractivity contribution in [1.82, 2.24) is 5.32 Å². The van der Waals surface area contributed by atoms with Gasteiger partial charge in [-0.3, -0.25) is 4.79 Å². The van der Waals surface area contributed by atoms with E-state index in [9.17, 15) is 4.79 Å². The zero-order valence-electron chi connectivity index (χ0n) is 6.84. The lowest BCUT2D eigenvalue weighted by atomic mass is 10.2. The number of carbonyl (C=O) groups excluding carboxylic acids is 1. The van der Waals surface area contributed by atoms with Crippen LogP contribution in [0.2, 0.25) is 0 Å². The minimum absolute atomic E-state index is 0.0450. The summed E-state index contributed by atoms with van der Waals surface area (Å²) < 4.78 is 0. The summed E-state index contributed by atoms with van der Waals surface area (Å²) in [5, 5.41) is 11.4. The number of rotatable bonds is 5. The quantitative estimate of drug-likeness (QED) is 0.494. The molecule has 0 aromatic heterocycles. The fourth-order valence-corrected chi connectivity index (χ4v) is 0.640. The molecule has 4 N–H and O–H groups in total. The van der Waals surface area contributed by atoms with Gasteiger partial charge in [0.15, 0.2) is 0 Å². The molecule has 0 aromatic carbocycles. The van der Waals surface area contributed by atoms with Crippen LogP contribution in [0.5, 0.6) is 0 Å². The average Bonchev–Trinajstić information content (AvgIpc) is 1.97. The van der Waals surface area contributed by atoms with Gasteiger partial charge in [0, 0.05) is 19.5 Å². The van der Waals surface area contributed by atoms with Crippen molar-refractivity contribution < 1.29 is 9.90 Å². The molecule has 0 spiro atoms. The molecule has 0 heterocycles. The van der Waals surface area contributed by atoms with Gasteiger partial charge < -0.3 is 16.2 Å². The topological polar surface area (TPSA) is 75.3 Å². The Morgan fingerprint density at radius 3 is 2.82 bits per heavy atom. The summed E-state index contributed by atoms with van der Waals surface area (Å²) in [6.45, 7) is 2.63. The van der Waals surface area contributed by atoms with Crippen molar-refractivity contribution in [1.29, 1.82) is 0 Å². The van der Waals surface area contributed by atoms with Crippen LogP contribution in [0.4, 0.5) is 0 Å². The minimum Gasteiger partial charge on any atom is -0.393 e. The molecule has 0 fully saturated rings. The maximum Gasteiger partial charge on any atom is 0.220 e. The van der Waals surface area contributed by atoms with E-state index in [1.165, 1.54) is 0 Å². The lowest BCUT2D eigenvalue weighted by Gasteiger charge is -2.04.